The minimum absolute atomic E-state index is 0.225. The molecule has 0 amide bonds. The van der Waals surface area contributed by atoms with E-state index in [1.807, 2.05) is 73.0 Å². The van der Waals surface area contributed by atoms with Crippen LogP contribution in [0, 0.1) is 0 Å². The number of aromatic nitrogens is 1. The van der Waals surface area contributed by atoms with Gasteiger partial charge in [0.15, 0.2) is 16.3 Å². The number of carbonyl (C=O) groups excluding carboxylic acids is 1. The summed E-state index contributed by atoms with van der Waals surface area (Å²) in [5.74, 6) is 0.713. The topological polar surface area (TPSA) is 79.1 Å². The second-order valence-corrected chi connectivity index (χ2v) is 11.3. The first-order valence-corrected chi connectivity index (χ1v) is 14.8. The molecule has 40 heavy (non-hydrogen) atoms. The summed E-state index contributed by atoms with van der Waals surface area (Å²) < 4.78 is 19.3. The molecule has 0 unspecified atom stereocenters. The molecule has 2 aromatic carbocycles. The Bertz CT molecular complexity index is 1740. The van der Waals surface area contributed by atoms with Crippen LogP contribution in [-0.2, 0) is 16.1 Å². The number of esters is 1. The molecule has 3 heterocycles. The van der Waals surface area contributed by atoms with Gasteiger partial charge in [-0.2, -0.15) is 0 Å². The third-order valence-electron chi connectivity index (χ3n) is 6.20. The standard InChI is InChI=1S/C30H27ClN2O5S2/c1-4-36-23-15-20(10-13-22(23)38-17-19-8-11-21(31)12-9-19)16-25-28(34)33-27(24-7-6-14-39-24)26(29(35)37-5-2)18(3)32-30(33)40-25/h6-16,27H,4-5,17H2,1-3H3/b25-16-/t27-/m1/s1. The second kappa shape index (κ2) is 12.2. The van der Waals surface area contributed by atoms with E-state index in [9.17, 15) is 9.59 Å². The molecule has 0 bridgehead atoms. The van der Waals surface area contributed by atoms with Gasteiger partial charge in [-0.15, -0.1) is 11.3 Å². The third-order valence-corrected chi connectivity index (χ3v) is 8.36. The fourth-order valence-corrected chi connectivity index (χ4v) is 6.40. The van der Waals surface area contributed by atoms with Crippen LogP contribution in [0.25, 0.3) is 6.08 Å². The molecule has 7 nitrogen and oxygen atoms in total. The van der Waals surface area contributed by atoms with Crippen LogP contribution < -0.4 is 24.4 Å². The second-order valence-electron chi connectivity index (χ2n) is 8.87. The molecule has 4 aromatic rings. The minimum Gasteiger partial charge on any atom is -0.490 e. The molecule has 0 aliphatic carbocycles. The molecule has 1 aliphatic rings. The van der Waals surface area contributed by atoms with E-state index >= 15 is 0 Å². The van der Waals surface area contributed by atoms with Crippen molar-refractivity contribution in [2.24, 2.45) is 4.99 Å². The van der Waals surface area contributed by atoms with Crippen LogP contribution in [0.4, 0.5) is 0 Å². The first kappa shape index (κ1) is 27.9. The number of fused-ring (bicyclic) bond motifs is 1. The normalized spacial score (nSPS) is 15.0. The highest BCUT2D eigenvalue weighted by Crippen LogP contribution is 2.33. The molecule has 1 aliphatic heterocycles. The highest BCUT2D eigenvalue weighted by atomic mass is 35.5. The molecule has 0 saturated heterocycles. The van der Waals surface area contributed by atoms with Crippen molar-refractivity contribution >= 4 is 46.3 Å². The lowest BCUT2D eigenvalue weighted by atomic mass is 10.0. The van der Waals surface area contributed by atoms with E-state index in [1.165, 1.54) is 22.7 Å². The summed E-state index contributed by atoms with van der Waals surface area (Å²) in [6, 6.07) is 16.3. The van der Waals surface area contributed by atoms with Gasteiger partial charge >= 0.3 is 5.97 Å². The molecule has 0 spiro atoms. The molecule has 10 heteroatoms. The summed E-state index contributed by atoms with van der Waals surface area (Å²) in [7, 11) is 0. The lowest BCUT2D eigenvalue weighted by Crippen LogP contribution is -2.39. The van der Waals surface area contributed by atoms with Crippen molar-refractivity contribution in [3.8, 4) is 11.5 Å². The minimum atomic E-state index is -0.597. The summed E-state index contributed by atoms with van der Waals surface area (Å²) in [6.07, 6.45) is 1.81. The maximum Gasteiger partial charge on any atom is 0.338 e. The Kier molecular flexibility index (Phi) is 8.54. The largest absolute Gasteiger partial charge is 0.490 e. The van der Waals surface area contributed by atoms with Crippen molar-refractivity contribution in [1.82, 2.24) is 4.57 Å². The zero-order chi connectivity index (χ0) is 28.2. The Hall–Kier alpha value is -3.66. The number of ether oxygens (including phenoxy) is 3. The predicted octanol–water partition coefficient (Wildman–Crippen LogP) is 5.49. The van der Waals surface area contributed by atoms with Crippen molar-refractivity contribution in [2.75, 3.05) is 13.2 Å². The molecule has 206 valence electrons. The molecule has 1 atom stereocenters. The fourth-order valence-electron chi connectivity index (χ4n) is 4.40. The van der Waals surface area contributed by atoms with Gasteiger partial charge in [-0.25, -0.2) is 9.79 Å². The molecule has 0 fully saturated rings. The molecule has 2 aromatic heterocycles. The van der Waals surface area contributed by atoms with Crippen LogP contribution in [0.15, 0.2) is 81.0 Å². The van der Waals surface area contributed by atoms with Crippen molar-refractivity contribution in [1.29, 1.82) is 0 Å². The van der Waals surface area contributed by atoms with E-state index in [4.69, 9.17) is 25.8 Å². The zero-order valence-corrected chi connectivity index (χ0v) is 24.6. The number of hydrogen-bond acceptors (Lipinski definition) is 8. The van der Waals surface area contributed by atoms with Crippen molar-refractivity contribution < 1.29 is 19.0 Å². The van der Waals surface area contributed by atoms with Crippen molar-refractivity contribution in [3.63, 3.8) is 0 Å². The molecule has 0 saturated carbocycles. The number of thiazole rings is 1. The number of halogens is 1. The highest BCUT2D eigenvalue weighted by molar-refractivity contribution is 7.10. The van der Waals surface area contributed by atoms with Gasteiger partial charge in [-0.1, -0.05) is 47.2 Å². The van der Waals surface area contributed by atoms with Gasteiger partial charge in [0.05, 0.1) is 29.0 Å². The number of benzene rings is 2. The van der Waals surface area contributed by atoms with E-state index in [0.717, 1.165) is 16.0 Å². The number of carbonyl (C=O) groups is 1. The molecule has 0 radical (unpaired) electrons. The quantitative estimate of drug-likeness (QED) is 0.239. The van der Waals surface area contributed by atoms with Crippen molar-refractivity contribution in [3.05, 3.63) is 112 Å². The summed E-state index contributed by atoms with van der Waals surface area (Å²) in [5.41, 5.74) is 2.46. The fraction of sp³-hybridized carbons (Fsp3) is 0.233. The van der Waals surface area contributed by atoms with E-state index in [2.05, 4.69) is 4.99 Å². The average Bonchev–Trinajstić information content (AvgIpc) is 3.57. The first-order valence-electron chi connectivity index (χ1n) is 12.8. The molecular formula is C30H27ClN2O5S2. The molecule has 5 rings (SSSR count). The van der Waals surface area contributed by atoms with Gasteiger partial charge in [-0.05, 0) is 73.7 Å². The van der Waals surface area contributed by atoms with E-state index in [1.54, 1.807) is 18.4 Å². The van der Waals surface area contributed by atoms with Crippen LogP contribution in [0.2, 0.25) is 5.02 Å². The van der Waals surface area contributed by atoms with Gasteiger partial charge in [0.25, 0.3) is 5.56 Å². The first-order chi connectivity index (χ1) is 19.4. The van der Waals surface area contributed by atoms with Gasteiger partial charge in [0, 0.05) is 9.90 Å². The number of allylic oxidation sites excluding steroid dienone is 1. The Morgan fingerprint density at radius 3 is 2.58 bits per heavy atom. The van der Waals surface area contributed by atoms with Crippen LogP contribution in [0.5, 0.6) is 11.5 Å². The highest BCUT2D eigenvalue weighted by Gasteiger charge is 2.33. The Morgan fingerprint density at radius 2 is 1.88 bits per heavy atom. The maximum atomic E-state index is 13.8. The Balaban J connectivity index is 1.52. The SMILES string of the molecule is CCOC(=O)C1=C(C)N=c2s/c(=C\c3ccc(OCc4ccc(Cl)cc4)c(OCC)c3)c(=O)n2[C@@H]1c1cccs1. The molecule has 0 N–H and O–H groups in total. The van der Waals surface area contributed by atoms with Gasteiger partial charge in [0.1, 0.15) is 12.6 Å². The van der Waals surface area contributed by atoms with Crippen molar-refractivity contribution in [2.45, 2.75) is 33.4 Å². The summed E-state index contributed by atoms with van der Waals surface area (Å²) in [6.45, 7) is 6.50. The van der Waals surface area contributed by atoms with Crippen LogP contribution in [-0.4, -0.2) is 23.8 Å². The number of hydrogen-bond donors (Lipinski definition) is 0. The lowest BCUT2D eigenvalue weighted by Gasteiger charge is -2.23. The lowest BCUT2D eigenvalue weighted by molar-refractivity contribution is -0.139. The summed E-state index contributed by atoms with van der Waals surface area (Å²) >= 11 is 8.75. The van der Waals surface area contributed by atoms with Crippen LogP contribution in [0.1, 0.15) is 42.8 Å². The number of rotatable bonds is 9. The zero-order valence-electron chi connectivity index (χ0n) is 22.2. The van der Waals surface area contributed by atoms with Crippen LogP contribution in [0.3, 0.4) is 0 Å². The number of nitrogens with zero attached hydrogens (tertiary/aromatic N) is 2. The average molecular weight is 595 g/mol. The van der Waals surface area contributed by atoms with E-state index in [-0.39, 0.29) is 12.2 Å². The van der Waals surface area contributed by atoms with Crippen LogP contribution >= 0.6 is 34.3 Å². The Morgan fingerprint density at radius 1 is 1.07 bits per heavy atom. The van der Waals surface area contributed by atoms with E-state index < -0.39 is 12.0 Å². The number of thiophene rings is 1. The molecular weight excluding hydrogens is 568 g/mol. The third kappa shape index (κ3) is 5.77. The van der Waals surface area contributed by atoms with Gasteiger partial charge in [0.2, 0.25) is 0 Å². The monoisotopic (exact) mass is 594 g/mol. The van der Waals surface area contributed by atoms with E-state index in [0.29, 0.717) is 50.3 Å². The summed E-state index contributed by atoms with van der Waals surface area (Å²) in [5, 5.41) is 2.59. The van der Waals surface area contributed by atoms with Gasteiger partial charge < -0.3 is 14.2 Å². The Labute approximate surface area is 244 Å². The maximum absolute atomic E-state index is 13.8. The predicted molar refractivity (Wildman–Crippen MR) is 158 cm³/mol. The van der Waals surface area contributed by atoms with Gasteiger partial charge in [-0.3, -0.25) is 9.36 Å². The summed E-state index contributed by atoms with van der Waals surface area (Å²) in [4.78, 5) is 32.7. The smallest absolute Gasteiger partial charge is 0.338 e.